The number of rotatable bonds is 1. The topological polar surface area (TPSA) is 26.0 Å². The highest BCUT2D eigenvalue weighted by molar-refractivity contribution is 7.22. The lowest BCUT2D eigenvalue weighted by molar-refractivity contribution is 1.64. The fourth-order valence-electron chi connectivity index (χ4n) is 1.28. The quantitative estimate of drug-likeness (QED) is 0.805. The normalized spacial score (nSPS) is 9.86. The van der Waals surface area contributed by atoms with E-state index in [0.717, 1.165) is 5.69 Å². The molecule has 4 heteroatoms. The number of nitrogen functional groups attached to an aromatic ring is 1. The number of hydrogen-bond acceptors (Lipinski definition) is 3. The molecule has 0 atom stereocenters. The molecule has 0 fully saturated rings. The molecular formula is C10H12ClNS2. The molecule has 2 N–H and O–H groups in total. The predicted octanol–water partition coefficient (Wildman–Crippen LogP) is 4.10. The van der Waals surface area contributed by atoms with Crippen molar-refractivity contribution in [1.29, 1.82) is 0 Å². The molecule has 0 amide bonds. The first-order chi connectivity index (χ1) is 6.16. The van der Waals surface area contributed by atoms with E-state index in [9.17, 15) is 0 Å². The zero-order valence-electron chi connectivity index (χ0n) is 8.03. The van der Waals surface area contributed by atoms with Gasteiger partial charge >= 0.3 is 0 Å². The van der Waals surface area contributed by atoms with Gasteiger partial charge in [-0.05, 0) is 32.0 Å². The number of nitrogens with two attached hydrogens (primary N) is 1. The Labute approximate surface area is 98.0 Å². The van der Waals surface area contributed by atoms with Crippen molar-refractivity contribution in [2.24, 2.45) is 0 Å². The standard InChI is InChI=1S/C10H11NS2.ClH/c1-6-3-4-9(12-6)10-8(11)5-7(2)13-10;/h3-5H,11H2,1-2H3;1H. The summed E-state index contributed by atoms with van der Waals surface area (Å²) in [6.45, 7) is 4.20. The summed E-state index contributed by atoms with van der Waals surface area (Å²) in [4.78, 5) is 5.11. The maximum absolute atomic E-state index is 5.90. The van der Waals surface area contributed by atoms with Crippen molar-refractivity contribution < 1.29 is 0 Å². The van der Waals surface area contributed by atoms with Crippen LogP contribution in [0.25, 0.3) is 9.75 Å². The van der Waals surface area contributed by atoms with Gasteiger partial charge in [-0.1, -0.05) is 0 Å². The van der Waals surface area contributed by atoms with Crippen LogP contribution in [0.2, 0.25) is 0 Å². The van der Waals surface area contributed by atoms with Crippen molar-refractivity contribution in [3.8, 4) is 9.75 Å². The number of halogens is 1. The summed E-state index contributed by atoms with van der Waals surface area (Å²) < 4.78 is 0. The van der Waals surface area contributed by atoms with Gasteiger partial charge in [-0.25, -0.2) is 0 Å². The average molecular weight is 246 g/mol. The van der Waals surface area contributed by atoms with Crippen LogP contribution in [0.3, 0.4) is 0 Å². The molecule has 2 aromatic rings. The zero-order valence-corrected chi connectivity index (χ0v) is 10.5. The Balaban J connectivity index is 0.000000980. The first-order valence-corrected chi connectivity index (χ1v) is 5.73. The van der Waals surface area contributed by atoms with Crippen LogP contribution in [0.4, 0.5) is 5.69 Å². The summed E-state index contributed by atoms with van der Waals surface area (Å²) in [6.07, 6.45) is 0. The van der Waals surface area contributed by atoms with Gasteiger partial charge in [0.1, 0.15) is 0 Å². The molecule has 0 aliphatic rings. The highest BCUT2D eigenvalue weighted by Crippen LogP contribution is 2.38. The van der Waals surface area contributed by atoms with E-state index < -0.39 is 0 Å². The summed E-state index contributed by atoms with van der Waals surface area (Å²) in [5.74, 6) is 0. The van der Waals surface area contributed by atoms with E-state index >= 15 is 0 Å². The summed E-state index contributed by atoms with van der Waals surface area (Å²) in [7, 11) is 0. The SMILES string of the molecule is Cc1ccc(-c2sc(C)cc2N)s1.Cl. The van der Waals surface area contributed by atoms with Crippen molar-refractivity contribution in [2.75, 3.05) is 5.73 Å². The predicted molar refractivity (Wildman–Crippen MR) is 68.8 cm³/mol. The Morgan fingerprint density at radius 1 is 1.07 bits per heavy atom. The minimum absolute atomic E-state index is 0. The Morgan fingerprint density at radius 3 is 2.21 bits per heavy atom. The van der Waals surface area contributed by atoms with Crippen LogP contribution in [-0.2, 0) is 0 Å². The lowest BCUT2D eigenvalue weighted by Gasteiger charge is -1.92. The van der Waals surface area contributed by atoms with E-state index in [1.54, 1.807) is 22.7 Å². The van der Waals surface area contributed by atoms with Crippen molar-refractivity contribution in [2.45, 2.75) is 13.8 Å². The van der Waals surface area contributed by atoms with Crippen molar-refractivity contribution in [1.82, 2.24) is 0 Å². The van der Waals surface area contributed by atoms with Gasteiger partial charge < -0.3 is 5.73 Å². The second-order valence-corrected chi connectivity index (χ2v) is 5.60. The van der Waals surface area contributed by atoms with Crippen LogP contribution in [0, 0.1) is 13.8 Å². The minimum atomic E-state index is 0. The third kappa shape index (κ3) is 2.11. The van der Waals surface area contributed by atoms with E-state index in [1.807, 2.05) is 6.07 Å². The highest BCUT2D eigenvalue weighted by Gasteiger charge is 2.07. The molecule has 0 radical (unpaired) electrons. The fraction of sp³-hybridized carbons (Fsp3) is 0.200. The molecule has 0 saturated heterocycles. The molecule has 0 bridgehead atoms. The van der Waals surface area contributed by atoms with Gasteiger partial charge in [0.05, 0.1) is 10.6 Å². The first-order valence-electron chi connectivity index (χ1n) is 4.09. The monoisotopic (exact) mass is 245 g/mol. The van der Waals surface area contributed by atoms with Crippen LogP contribution in [0.1, 0.15) is 9.75 Å². The van der Waals surface area contributed by atoms with Crippen molar-refractivity contribution in [3.05, 3.63) is 28.0 Å². The molecule has 14 heavy (non-hydrogen) atoms. The molecule has 0 spiro atoms. The lowest BCUT2D eigenvalue weighted by atomic mass is 10.3. The maximum atomic E-state index is 5.90. The minimum Gasteiger partial charge on any atom is -0.398 e. The number of thiophene rings is 2. The van der Waals surface area contributed by atoms with Crippen LogP contribution in [-0.4, -0.2) is 0 Å². The van der Waals surface area contributed by atoms with Gasteiger partial charge in [-0.3, -0.25) is 0 Å². The van der Waals surface area contributed by atoms with E-state index in [4.69, 9.17) is 5.73 Å². The highest BCUT2D eigenvalue weighted by atomic mass is 35.5. The van der Waals surface area contributed by atoms with Gasteiger partial charge in [0, 0.05) is 14.6 Å². The molecule has 76 valence electrons. The lowest BCUT2D eigenvalue weighted by Crippen LogP contribution is -1.80. The second kappa shape index (κ2) is 4.34. The molecule has 1 nitrogen and oxygen atoms in total. The van der Waals surface area contributed by atoms with Crippen LogP contribution in [0.15, 0.2) is 18.2 Å². The van der Waals surface area contributed by atoms with E-state index in [-0.39, 0.29) is 12.4 Å². The van der Waals surface area contributed by atoms with Crippen molar-refractivity contribution in [3.63, 3.8) is 0 Å². The molecule has 0 unspecified atom stereocenters. The Kier molecular flexibility index (Phi) is 3.59. The Hall–Kier alpha value is -0.510. The average Bonchev–Trinajstić information content (AvgIpc) is 2.58. The van der Waals surface area contributed by atoms with E-state index in [2.05, 4.69) is 26.0 Å². The smallest absolute Gasteiger partial charge is 0.0674 e. The van der Waals surface area contributed by atoms with Gasteiger partial charge in [-0.15, -0.1) is 35.1 Å². The molecule has 0 aliphatic carbocycles. The third-order valence-corrected chi connectivity index (χ3v) is 4.10. The van der Waals surface area contributed by atoms with Gasteiger partial charge in [0.15, 0.2) is 0 Å². The van der Waals surface area contributed by atoms with Crippen molar-refractivity contribution >= 4 is 40.8 Å². The molecule has 2 rings (SSSR count). The molecule has 0 saturated carbocycles. The summed E-state index contributed by atoms with van der Waals surface area (Å²) in [6, 6.07) is 6.31. The number of aryl methyl sites for hydroxylation is 2. The van der Waals surface area contributed by atoms with Gasteiger partial charge in [0.2, 0.25) is 0 Å². The molecule has 0 aromatic carbocycles. The van der Waals surface area contributed by atoms with Crippen LogP contribution < -0.4 is 5.73 Å². The number of anilines is 1. The summed E-state index contributed by atoms with van der Waals surface area (Å²) in [5, 5.41) is 0. The van der Waals surface area contributed by atoms with E-state index in [0.29, 0.717) is 0 Å². The molecular weight excluding hydrogens is 234 g/mol. The van der Waals surface area contributed by atoms with Gasteiger partial charge in [-0.2, -0.15) is 0 Å². The molecule has 2 aromatic heterocycles. The first kappa shape index (κ1) is 11.6. The maximum Gasteiger partial charge on any atom is 0.0674 e. The largest absolute Gasteiger partial charge is 0.398 e. The van der Waals surface area contributed by atoms with Crippen LogP contribution in [0.5, 0.6) is 0 Å². The molecule has 0 aliphatic heterocycles. The van der Waals surface area contributed by atoms with Crippen LogP contribution >= 0.6 is 35.1 Å². The fourth-order valence-corrected chi connectivity index (χ4v) is 3.22. The third-order valence-electron chi connectivity index (χ3n) is 1.85. The number of hydrogen-bond donors (Lipinski definition) is 1. The van der Waals surface area contributed by atoms with Gasteiger partial charge in [0.25, 0.3) is 0 Å². The Bertz CT molecular complexity index is 431. The molecule has 2 heterocycles. The zero-order chi connectivity index (χ0) is 9.42. The van der Waals surface area contributed by atoms with E-state index in [1.165, 1.54) is 19.5 Å². The summed E-state index contributed by atoms with van der Waals surface area (Å²) >= 11 is 3.56. The summed E-state index contributed by atoms with van der Waals surface area (Å²) in [5.41, 5.74) is 6.81. The Morgan fingerprint density at radius 2 is 1.79 bits per heavy atom. The second-order valence-electron chi connectivity index (χ2n) is 3.05.